The molecule has 0 atom stereocenters. The normalized spacial score (nSPS) is 10.8. The van der Waals surface area contributed by atoms with Crippen molar-refractivity contribution < 1.29 is 0 Å². The third-order valence-electron chi connectivity index (χ3n) is 2.03. The molecule has 2 nitrogen and oxygen atoms in total. The highest BCUT2D eigenvalue weighted by atomic mass is 14.9. The van der Waals surface area contributed by atoms with Gasteiger partial charge in [0.05, 0.1) is 0 Å². The minimum absolute atomic E-state index is 0.782. The molecule has 0 radical (unpaired) electrons. The molecule has 0 N–H and O–H groups in total. The van der Waals surface area contributed by atoms with E-state index in [1.54, 1.807) is 0 Å². The number of aryl methyl sites for hydroxylation is 2. The fourth-order valence-electron chi connectivity index (χ4n) is 1.29. The zero-order valence-corrected chi connectivity index (χ0v) is 8.75. The lowest BCUT2D eigenvalue weighted by Crippen LogP contribution is -1.97. The third kappa shape index (κ3) is 4.02. The molecule has 0 saturated heterocycles. The second-order valence-electron chi connectivity index (χ2n) is 3.90. The van der Waals surface area contributed by atoms with Gasteiger partial charge < -0.3 is 0 Å². The van der Waals surface area contributed by atoms with E-state index in [0.717, 1.165) is 23.9 Å². The quantitative estimate of drug-likeness (QED) is 0.708. The van der Waals surface area contributed by atoms with E-state index in [9.17, 15) is 0 Å². The van der Waals surface area contributed by atoms with E-state index < -0.39 is 0 Å². The average molecular weight is 178 g/mol. The third-order valence-corrected chi connectivity index (χ3v) is 2.03. The Bertz CT molecular complexity index is 256. The van der Waals surface area contributed by atoms with Crippen molar-refractivity contribution in [2.45, 2.75) is 40.0 Å². The molecule has 0 unspecified atom stereocenters. The summed E-state index contributed by atoms with van der Waals surface area (Å²) >= 11 is 0. The van der Waals surface area contributed by atoms with Crippen LogP contribution in [0.2, 0.25) is 0 Å². The smallest absolute Gasteiger partial charge is 0.128 e. The van der Waals surface area contributed by atoms with Crippen molar-refractivity contribution in [1.29, 1.82) is 0 Å². The van der Waals surface area contributed by atoms with Crippen LogP contribution in [-0.2, 0) is 6.42 Å². The zero-order valence-electron chi connectivity index (χ0n) is 8.75. The van der Waals surface area contributed by atoms with Crippen LogP contribution in [0, 0.1) is 12.8 Å². The summed E-state index contributed by atoms with van der Waals surface area (Å²) in [5.41, 5.74) is 1.06. The van der Waals surface area contributed by atoms with Crippen LogP contribution in [0.15, 0.2) is 12.3 Å². The molecule has 0 spiro atoms. The predicted molar refractivity (Wildman–Crippen MR) is 54.5 cm³/mol. The summed E-state index contributed by atoms with van der Waals surface area (Å²) in [4.78, 5) is 8.58. The Kier molecular flexibility index (Phi) is 3.87. The first-order chi connectivity index (χ1) is 6.18. The maximum atomic E-state index is 4.36. The molecule has 2 heteroatoms. The molecule has 1 heterocycles. The molecule has 1 aromatic rings. The van der Waals surface area contributed by atoms with Crippen molar-refractivity contribution in [2.24, 2.45) is 5.92 Å². The molecule has 0 saturated carbocycles. The summed E-state index contributed by atoms with van der Waals surface area (Å²) in [6.07, 6.45) is 5.31. The lowest BCUT2D eigenvalue weighted by molar-refractivity contribution is 0.549. The van der Waals surface area contributed by atoms with Crippen LogP contribution in [0.1, 0.15) is 38.2 Å². The fraction of sp³-hybridized carbons (Fsp3) is 0.636. The Labute approximate surface area is 80.4 Å². The van der Waals surface area contributed by atoms with Crippen LogP contribution < -0.4 is 0 Å². The van der Waals surface area contributed by atoms with Crippen LogP contribution in [-0.4, -0.2) is 9.97 Å². The maximum Gasteiger partial charge on any atom is 0.128 e. The van der Waals surface area contributed by atoms with Gasteiger partial charge in [-0.2, -0.15) is 0 Å². The van der Waals surface area contributed by atoms with E-state index in [1.165, 1.54) is 12.8 Å². The van der Waals surface area contributed by atoms with Crippen molar-refractivity contribution >= 4 is 0 Å². The van der Waals surface area contributed by atoms with Gasteiger partial charge in [0.15, 0.2) is 0 Å². The van der Waals surface area contributed by atoms with E-state index in [0.29, 0.717) is 0 Å². The Morgan fingerprint density at radius 1 is 1.38 bits per heavy atom. The lowest BCUT2D eigenvalue weighted by Gasteiger charge is -2.03. The predicted octanol–water partition coefficient (Wildman–Crippen LogP) is 2.76. The summed E-state index contributed by atoms with van der Waals surface area (Å²) < 4.78 is 0. The van der Waals surface area contributed by atoms with E-state index in [1.807, 2.05) is 19.2 Å². The van der Waals surface area contributed by atoms with Crippen LogP contribution in [0.5, 0.6) is 0 Å². The van der Waals surface area contributed by atoms with Crippen molar-refractivity contribution in [1.82, 2.24) is 9.97 Å². The van der Waals surface area contributed by atoms with Gasteiger partial charge in [-0.05, 0) is 25.3 Å². The Balaban J connectivity index is 2.37. The minimum atomic E-state index is 0.782. The number of hydrogen-bond donors (Lipinski definition) is 0. The van der Waals surface area contributed by atoms with Gasteiger partial charge in [0.2, 0.25) is 0 Å². The highest BCUT2D eigenvalue weighted by Gasteiger charge is 1.98. The molecule has 0 amide bonds. The molecule has 0 fully saturated rings. The fourth-order valence-corrected chi connectivity index (χ4v) is 1.29. The van der Waals surface area contributed by atoms with Gasteiger partial charge in [-0.25, -0.2) is 9.97 Å². The Hall–Kier alpha value is -0.920. The van der Waals surface area contributed by atoms with Gasteiger partial charge in [-0.15, -0.1) is 0 Å². The molecule has 72 valence electrons. The molecule has 1 aromatic heterocycles. The van der Waals surface area contributed by atoms with Crippen molar-refractivity contribution in [3.05, 3.63) is 23.8 Å². The summed E-state index contributed by atoms with van der Waals surface area (Å²) in [5.74, 6) is 1.77. The topological polar surface area (TPSA) is 25.8 Å². The average Bonchev–Trinajstić information content (AvgIpc) is 2.03. The maximum absolute atomic E-state index is 4.36. The number of nitrogens with zero attached hydrogens (tertiary/aromatic N) is 2. The van der Waals surface area contributed by atoms with Crippen LogP contribution in [0.3, 0.4) is 0 Å². The molecule has 0 aliphatic rings. The second-order valence-corrected chi connectivity index (χ2v) is 3.90. The van der Waals surface area contributed by atoms with Crippen molar-refractivity contribution in [3.63, 3.8) is 0 Å². The summed E-state index contributed by atoms with van der Waals surface area (Å²) in [6.45, 7) is 6.50. The van der Waals surface area contributed by atoms with Crippen LogP contribution in [0.4, 0.5) is 0 Å². The Morgan fingerprint density at radius 2 is 2.15 bits per heavy atom. The van der Waals surface area contributed by atoms with Gasteiger partial charge in [-0.3, -0.25) is 0 Å². The first kappa shape index (κ1) is 10.2. The van der Waals surface area contributed by atoms with Gasteiger partial charge in [0.25, 0.3) is 0 Å². The monoisotopic (exact) mass is 178 g/mol. The Morgan fingerprint density at radius 3 is 2.77 bits per heavy atom. The van der Waals surface area contributed by atoms with E-state index in [2.05, 4.69) is 23.8 Å². The van der Waals surface area contributed by atoms with E-state index >= 15 is 0 Å². The number of hydrogen-bond acceptors (Lipinski definition) is 2. The first-order valence-corrected chi connectivity index (χ1v) is 4.97. The minimum Gasteiger partial charge on any atom is -0.241 e. The van der Waals surface area contributed by atoms with Gasteiger partial charge in [0, 0.05) is 18.3 Å². The van der Waals surface area contributed by atoms with Gasteiger partial charge in [-0.1, -0.05) is 20.3 Å². The molecular formula is C11H18N2. The first-order valence-electron chi connectivity index (χ1n) is 4.97. The standard InChI is InChI=1S/C11H18N2/c1-9(2)5-4-6-11-12-8-7-10(3)13-11/h7-9H,4-6H2,1-3H3. The summed E-state index contributed by atoms with van der Waals surface area (Å²) in [5, 5.41) is 0. The SMILES string of the molecule is Cc1ccnc(CCCC(C)C)n1. The molecule has 13 heavy (non-hydrogen) atoms. The lowest BCUT2D eigenvalue weighted by atomic mass is 10.1. The highest BCUT2D eigenvalue weighted by Crippen LogP contribution is 2.06. The zero-order chi connectivity index (χ0) is 9.68. The number of aromatic nitrogens is 2. The van der Waals surface area contributed by atoms with E-state index in [4.69, 9.17) is 0 Å². The number of rotatable bonds is 4. The van der Waals surface area contributed by atoms with Crippen molar-refractivity contribution in [2.75, 3.05) is 0 Å². The van der Waals surface area contributed by atoms with Gasteiger partial charge >= 0.3 is 0 Å². The molecule has 0 bridgehead atoms. The molecule has 0 aliphatic heterocycles. The van der Waals surface area contributed by atoms with Crippen LogP contribution >= 0.6 is 0 Å². The highest BCUT2D eigenvalue weighted by molar-refractivity contribution is 4.99. The summed E-state index contributed by atoms with van der Waals surface area (Å²) in [6, 6.07) is 1.94. The molecule has 0 aromatic carbocycles. The van der Waals surface area contributed by atoms with Gasteiger partial charge in [0.1, 0.15) is 5.82 Å². The second kappa shape index (κ2) is 4.95. The molecule has 1 rings (SSSR count). The van der Waals surface area contributed by atoms with Crippen LogP contribution in [0.25, 0.3) is 0 Å². The molecule has 0 aliphatic carbocycles. The largest absolute Gasteiger partial charge is 0.241 e. The summed E-state index contributed by atoms with van der Waals surface area (Å²) in [7, 11) is 0. The van der Waals surface area contributed by atoms with Crippen molar-refractivity contribution in [3.8, 4) is 0 Å². The van der Waals surface area contributed by atoms with E-state index in [-0.39, 0.29) is 0 Å². The molecular weight excluding hydrogens is 160 g/mol.